The van der Waals surface area contributed by atoms with Crippen LogP contribution in [0.25, 0.3) is 0 Å². The predicted octanol–water partition coefficient (Wildman–Crippen LogP) is 4.59. The zero-order chi connectivity index (χ0) is 17.6. The number of esters is 1. The lowest BCUT2D eigenvalue weighted by atomic mass is 10.2. The fourth-order valence-corrected chi connectivity index (χ4v) is 2.37. The average molecular weight is 355 g/mol. The van der Waals surface area contributed by atoms with Gasteiger partial charge in [0.15, 0.2) is 5.69 Å². The molecule has 0 saturated carbocycles. The molecule has 0 fully saturated rings. The summed E-state index contributed by atoms with van der Waals surface area (Å²) in [5.74, 6) is 0.947. The summed E-state index contributed by atoms with van der Waals surface area (Å²) in [5.41, 5.74) is 2.03. The quantitative estimate of drug-likeness (QED) is 0.627. The van der Waals surface area contributed by atoms with Gasteiger partial charge in [0.05, 0.1) is 0 Å². The van der Waals surface area contributed by atoms with Crippen LogP contribution in [-0.2, 0) is 11.3 Å². The van der Waals surface area contributed by atoms with E-state index in [-0.39, 0.29) is 12.3 Å². The molecule has 0 unspecified atom stereocenters. The van der Waals surface area contributed by atoms with Crippen LogP contribution in [0.15, 0.2) is 61.1 Å². The Labute approximate surface area is 150 Å². The van der Waals surface area contributed by atoms with Crippen LogP contribution in [0.4, 0.5) is 0 Å². The lowest BCUT2D eigenvalue weighted by Gasteiger charge is -2.10. The van der Waals surface area contributed by atoms with Gasteiger partial charge in [0.1, 0.15) is 24.4 Å². The molecular weight excluding hydrogens is 340 g/mol. The van der Waals surface area contributed by atoms with Crippen molar-refractivity contribution in [2.24, 2.45) is 0 Å². The van der Waals surface area contributed by atoms with Gasteiger partial charge < -0.3 is 9.47 Å². The van der Waals surface area contributed by atoms with Crippen LogP contribution in [0.2, 0.25) is 5.02 Å². The molecule has 3 rings (SSSR count). The van der Waals surface area contributed by atoms with Gasteiger partial charge in [0.25, 0.3) is 0 Å². The topological polar surface area (TPSA) is 61.3 Å². The van der Waals surface area contributed by atoms with Crippen LogP contribution >= 0.6 is 11.6 Å². The smallest absolute Gasteiger partial charge is 0.357 e. The summed E-state index contributed by atoms with van der Waals surface area (Å²) in [6.07, 6.45) is 2.80. The van der Waals surface area contributed by atoms with E-state index in [1.807, 2.05) is 43.3 Å². The Bertz CT molecular complexity index is 868. The molecule has 0 radical (unpaired) electrons. The lowest BCUT2D eigenvalue weighted by molar-refractivity contribution is 0.0465. The Morgan fingerprint density at radius 2 is 1.92 bits per heavy atom. The summed E-state index contributed by atoms with van der Waals surface area (Å²) < 4.78 is 11.1. The molecule has 1 aromatic heterocycles. The molecule has 0 aliphatic carbocycles. The van der Waals surface area contributed by atoms with Crippen LogP contribution in [0.5, 0.6) is 11.5 Å². The van der Waals surface area contributed by atoms with E-state index in [4.69, 9.17) is 21.1 Å². The Kier molecular flexibility index (Phi) is 5.26. The van der Waals surface area contributed by atoms with Gasteiger partial charge in [0.2, 0.25) is 0 Å². The number of aryl methyl sites for hydroxylation is 1. The molecule has 6 heteroatoms. The second kappa shape index (κ2) is 7.77. The molecule has 2 aromatic carbocycles. The third kappa shape index (κ3) is 4.55. The number of carbonyl (C=O) groups is 1. The van der Waals surface area contributed by atoms with Crippen molar-refractivity contribution >= 4 is 17.6 Å². The molecule has 0 spiro atoms. The van der Waals surface area contributed by atoms with E-state index >= 15 is 0 Å². The normalized spacial score (nSPS) is 10.3. The van der Waals surface area contributed by atoms with Crippen molar-refractivity contribution in [2.45, 2.75) is 13.5 Å². The molecule has 1 heterocycles. The zero-order valence-corrected chi connectivity index (χ0v) is 14.2. The van der Waals surface area contributed by atoms with Crippen LogP contribution in [0, 0.1) is 6.92 Å². The molecule has 0 amide bonds. The fourth-order valence-electron chi connectivity index (χ4n) is 2.14. The first kappa shape index (κ1) is 16.9. The van der Waals surface area contributed by atoms with Crippen LogP contribution in [-0.4, -0.2) is 15.9 Å². The summed E-state index contributed by atoms with van der Waals surface area (Å²) in [5, 5.41) is 0.672. The lowest BCUT2D eigenvalue weighted by Crippen LogP contribution is -2.07. The highest BCUT2D eigenvalue weighted by atomic mass is 35.5. The second-order valence-corrected chi connectivity index (χ2v) is 5.76. The number of aromatic nitrogens is 2. The summed E-state index contributed by atoms with van der Waals surface area (Å²) in [6.45, 7) is 2.09. The highest BCUT2D eigenvalue weighted by Crippen LogP contribution is 2.27. The molecular formula is C19H15ClN2O3. The maximum absolute atomic E-state index is 11.8. The SMILES string of the molecule is Cc1cc(Cl)ccc1Oc1ccc(COC(=O)c2ccncn2)cc1. The summed E-state index contributed by atoms with van der Waals surface area (Å²) >= 11 is 5.94. The first-order valence-electron chi connectivity index (χ1n) is 7.58. The van der Waals surface area contributed by atoms with Crippen molar-refractivity contribution in [3.63, 3.8) is 0 Å². The Morgan fingerprint density at radius 3 is 2.60 bits per heavy atom. The highest BCUT2D eigenvalue weighted by molar-refractivity contribution is 6.30. The van der Waals surface area contributed by atoms with E-state index in [2.05, 4.69) is 9.97 Å². The third-order valence-electron chi connectivity index (χ3n) is 3.45. The van der Waals surface area contributed by atoms with E-state index in [1.165, 1.54) is 18.6 Å². The van der Waals surface area contributed by atoms with Gasteiger partial charge >= 0.3 is 5.97 Å². The molecule has 0 aliphatic heterocycles. The van der Waals surface area contributed by atoms with Crippen LogP contribution in [0.1, 0.15) is 21.6 Å². The van der Waals surface area contributed by atoms with Crippen LogP contribution in [0.3, 0.4) is 0 Å². The van der Waals surface area contributed by atoms with Crippen molar-refractivity contribution in [3.05, 3.63) is 82.9 Å². The number of nitrogens with zero attached hydrogens (tertiary/aromatic N) is 2. The molecule has 0 atom stereocenters. The van der Waals surface area contributed by atoms with Gasteiger partial charge in [-0.15, -0.1) is 0 Å². The van der Waals surface area contributed by atoms with Crippen molar-refractivity contribution < 1.29 is 14.3 Å². The minimum Gasteiger partial charge on any atom is -0.457 e. The predicted molar refractivity (Wildman–Crippen MR) is 93.9 cm³/mol. The minimum atomic E-state index is -0.487. The summed E-state index contributed by atoms with van der Waals surface area (Å²) in [4.78, 5) is 19.5. The molecule has 0 saturated heterocycles. The zero-order valence-electron chi connectivity index (χ0n) is 13.5. The van der Waals surface area contributed by atoms with Gasteiger partial charge in [0, 0.05) is 11.2 Å². The molecule has 5 nitrogen and oxygen atoms in total. The van der Waals surface area contributed by atoms with E-state index < -0.39 is 5.97 Å². The van der Waals surface area contributed by atoms with Gasteiger partial charge in [-0.1, -0.05) is 23.7 Å². The Balaban J connectivity index is 1.59. The minimum absolute atomic E-state index is 0.156. The molecule has 25 heavy (non-hydrogen) atoms. The number of carbonyl (C=O) groups excluding carboxylic acids is 1. The Hall–Kier alpha value is -2.92. The van der Waals surface area contributed by atoms with Crippen molar-refractivity contribution in [2.75, 3.05) is 0 Å². The number of rotatable bonds is 5. The largest absolute Gasteiger partial charge is 0.457 e. The molecule has 0 bridgehead atoms. The van der Waals surface area contributed by atoms with Crippen LogP contribution < -0.4 is 4.74 Å². The first-order valence-corrected chi connectivity index (χ1v) is 7.96. The summed E-state index contributed by atoms with van der Waals surface area (Å²) in [6, 6.07) is 14.3. The number of ether oxygens (including phenoxy) is 2. The fraction of sp³-hybridized carbons (Fsp3) is 0.105. The number of benzene rings is 2. The molecule has 126 valence electrons. The van der Waals surface area contributed by atoms with Crippen molar-refractivity contribution in [1.82, 2.24) is 9.97 Å². The second-order valence-electron chi connectivity index (χ2n) is 5.33. The maximum atomic E-state index is 11.8. The van der Waals surface area contributed by atoms with Crippen molar-refractivity contribution in [3.8, 4) is 11.5 Å². The summed E-state index contributed by atoms with van der Waals surface area (Å²) in [7, 11) is 0. The van der Waals surface area contributed by atoms with Gasteiger partial charge in [-0.3, -0.25) is 0 Å². The van der Waals surface area contributed by atoms with Crippen molar-refractivity contribution in [1.29, 1.82) is 0 Å². The molecule has 0 N–H and O–H groups in total. The standard InChI is InChI=1S/C19H15ClN2O3/c1-13-10-15(20)4-7-18(13)25-16-5-2-14(3-6-16)11-24-19(23)17-8-9-21-12-22-17/h2-10,12H,11H2,1H3. The van der Waals surface area contributed by atoms with E-state index in [1.54, 1.807) is 6.07 Å². The van der Waals surface area contributed by atoms with E-state index in [0.717, 1.165) is 16.9 Å². The molecule has 3 aromatic rings. The van der Waals surface area contributed by atoms with Gasteiger partial charge in [-0.2, -0.15) is 0 Å². The van der Waals surface area contributed by atoms with Gasteiger partial charge in [-0.25, -0.2) is 14.8 Å². The van der Waals surface area contributed by atoms with E-state index in [9.17, 15) is 4.79 Å². The maximum Gasteiger partial charge on any atom is 0.357 e. The average Bonchev–Trinajstić information content (AvgIpc) is 2.64. The Morgan fingerprint density at radius 1 is 1.12 bits per heavy atom. The number of halogens is 1. The third-order valence-corrected chi connectivity index (χ3v) is 3.68. The monoisotopic (exact) mass is 354 g/mol. The van der Waals surface area contributed by atoms with Gasteiger partial charge in [-0.05, 0) is 54.4 Å². The number of hydrogen-bond acceptors (Lipinski definition) is 5. The first-order chi connectivity index (χ1) is 12.1. The molecule has 0 aliphatic rings. The number of hydrogen-bond donors (Lipinski definition) is 0. The highest BCUT2D eigenvalue weighted by Gasteiger charge is 2.08. The van der Waals surface area contributed by atoms with E-state index in [0.29, 0.717) is 10.8 Å².